The lowest BCUT2D eigenvalue weighted by Crippen LogP contribution is -2.34. The molecule has 7 heteroatoms. The molecule has 1 aromatic carbocycles. The van der Waals surface area contributed by atoms with Gasteiger partial charge < -0.3 is 5.11 Å². The van der Waals surface area contributed by atoms with E-state index >= 15 is 0 Å². The fraction of sp³-hybridized carbons (Fsp3) is 0.308. The molecule has 0 saturated carbocycles. The topological polar surface area (TPSA) is 74.7 Å². The van der Waals surface area contributed by atoms with Crippen molar-refractivity contribution in [1.29, 1.82) is 0 Å². The summed E-state index contributed by atoms with van der Waals surface area (Å²) in [7, 11) is 0. The highest BCUT2D eigenvalue weighted by atomic mass is 79.9. The van der Waals surface area contributed by atoms with Gasteiger partial charge in [0.25, 0.3) is 0 Å². The molecular formula is C13H11Br2NO4. The summed E-state index contributed by atoms with van der Waals surface area (Å²) >= 11 is 6.42. The summed E-state index contributed by atoms with van der Waals surface area (Å²) in [6.45, 7) is 3.33. The molecule has 2 rings (SSSR count). The Morgan fingerprint density at radius 2 is 1.90 bits per heavy atom. The van der Waals surface area contributed by atoms with E-state index in [1.54, 1.807) is 19.9 Å². The van der Waals surface area contributed by atoms with E-state index in [2.05, 4.69) is 31.9 Å². The molecule has 1 aliphatic heterocycles. The summed E-state index contributed by atoms with van der Waals surface area (Å²) in [5.41, 5.74) is -0.841. The fourth-order valence-corrected chi connectivity index (χ4v) is 3.53. The predicted molar refractivity (Wildman–Crippen MR) is 79.7 cm³/mol. The number of carbonyl (C=O) groups excluding carboxylic acids is 2. The van der Waals surface area contributed by atoms with E-state index in [0.717, 1.165) is 4.90 Å². The van der Waals surface area contributed by atoms with Gasteiger partial charge in [-0.2, -0.15) is 0 Å². The van der Waals surface area contributed by atoms with Gasteiger partial charge in [0.15, 0.2) is 0 Å². The first-order valence-electron chi connectivity index (χ1n) is 5.75. The largest absolute Gasteiger partial charge is 0.478 e. The maximum absolute atomic E-state index is 12.3. The van der Waals surface area contributed by atoms with E-state index in [0.29, 0.717) is 8.95 Å². The Labute approximate surface area is 132 Å². The number of imide groups is 1. The SMILES string of the molecule is CC1(C)CC(=O)N(c2c(Br)cc(Br)cc2C(=O)O)C1=O. The van der Waals surface area contributed by atoms with Crippen molar-refractivity contribution in [2.24, 2.45) is 5.41 Å². The number of hydrogen-bond donors (Lipinski definition) is 1. The Balaban J connectivity index is 2.67. The monoisotopic (exact) mass is 403 g/mol. The minimum atomic E-state index is -1.20. The summed E-state index contributed by atoms with van der Waals surface area (Å²) in [5, 5.41) is 9.29. The first kappa shape index (κ1) is 15.2. The molecule has 0 spiro atoms. The van der Waals surface area contributed by atoms with Crippen molar-refractivity contribution in [2.75, 3.05) is 4.90 Å². The molecule has 1 aliphatic rings. The molecule has 1 N–H and O–H groups in total. The average Bonchev–Trinajstić information content (AvgIpc) is 2.49. The molecule has 5 nitrogen and oxygen atoms in total. The Morgan fingerprint density at radius 1 is 1.30 bits per heavy atom. The van der Waals surface area contributed by atoms with E-state index in [4.69, 9.17) is 0 Å². The zero-order chi connectivity index (χ0) is 15.2. The van der Waals surface area contributed by atoms with E-state index in [-0.39, 0.29) is 17.7 Å². The maximum Gasteiger partial charge on any atom is 0.337 e. The molecule has 0 bridgehead atoms. The van der Waals surface area contributed by atoms with Crippen molar-refractivity contribution in [3.05, 3.63) is 26.6 Å². The molecule has 0 unspecified atom stereocenters. The van der Waals surface area contributed by atoms with Crippen molar-refractivity contribution in [1.82, 2.24) is 0 Å². The average molecular weight is 405 g/mol. The van der Waals surface area contributed by atoms with Crippen LogP contribution in [0.3, 0.4) is 0 Å². The Morgan fingerprint density at radius 3 is 2.35 bits per heavy atom. The molecule has 0 atom stereocenters. The number of carboxylic acid groups (broad SMARTS) is 1. The van der Waals surface area contributed by atoms with E-state index in [1.165, 1.54) is 6.07 Å². The van der Waals surface area contributed by atoms with Crippen LogP contribution in [0.2, 0.25) is 0 Å². The number of carbonyl (C=O) groups is 3. The van der Waals surface area contributed by atoms with Crippen LogP contribution < -0.4 is 4.90 Å². The lowest BCUT2D eigenvalue weighted by Gasteiger charge is -2.21. The number of nitrogens with zero attached hydrogens (tertiary/aromatic N) is 1. The van der Waals surface area contributed by atoms with Gasteiger partial charge in [-0.25, -0.2) is 9.69 Å². The van der Waals surface area contributed by atoms with Gasteiger partial charge in [-0.3, -0.25) is 9.59 Å². The van der Waals surface area contributed by atoms with Crippen LogP contribution in [0.25, 0.3) is 0 Å². The van der Waals surface area contributed by atoms with Crippen molar-refractivity contribution in [3.63, 3.8) is 0 Å². The minimum absolute atomic E-state index is 0.0629. The molecular weight excluding hydrogens is 394 g/mol. The fourth-order valence-electron chi connectivity index (χ4n) is 2.13. The molecule has 0 aliphatic carbocycles. The van der Waals surface area contributed by atoms with E-state index in [9.17, 15) is 19.5 Å². The molecule has 0 radical (unpaired) electrons. The molecule has 2 amide bonds. The molecule has 106 valence electrons. The molecule has 20 heavy (non-hydrogen) atoms. The quantitative estimate of drug-likeness (QED) is 0.768. The maximum atomic E-state index is 12.3. The van der Waals surface area contributed by atoms with Gasteiger partial charge in [-0.15, -0.1) is 0 Å². The van der Waals surface area contributed by atoms with Crippen LogP contribution in [0.1, 0.15) is 30.6 Å². The number of aromatic carboxylic acids is 1. The second-order valence-electron chi connectivity index (χ2n) is 5.18. The Hall–Kier alpha value is -1.21. The molecule has 1 saturated heterocycles. The van der Waals surface area contributed by atoms with Crippen LogP contribution >= 0.6 is 31.9 Å². The number of benzene rings is 1. The number of anilines is 1. The van der Waals surface area contributed by atoms with Crippen LogP contribution in [-0.2, 0) is 9.59 Å². The standard InChI is InChI=1S/C13H11Br2NO4/c1-13(2)5-9(17)16(12(13)20)10-7(11(18)19)3-6(14)4-8(10)15/h3-4H,5H2,1-2H3,(H,18,19). The van der Waals surface area contributed by atoms with E-state index < -0.39 is 23.2 Å². The third kappa shape index (κ3) is 2.40. The summed E-state index contributed by atoms with van der Waals surface area (Å²) in [5.74, 6) is -1.99. The number of carboxylic acids is 1. The lowest BCUT2D eigenvalue weighted by atomic mass is 9.92. The van der Waals surface area contributed by atoms with Crippen LogP contribution in [-0.4, -0.2) is 22.9 Å². The van der Waals surface area contributed by atoms with Gasteiger partial charge in [0.05, 0.1) is 16.7 Å². The summed E-state index contributed by atoms with van der Waals surface area (Å²) in [6.07, 6.45) is 0.0629. The third-order valence-electron chi connectivity index (χ3n) is 3.11. The van der Waals surface area contributed by atoms with Gasteiger partial charge in [0.2, 0.25) is 11.8 Å². The van der Waals surface area contributed by atoms with Gasteiger partial charge in [-0.05, 0) is 28.1 Å². The van der Waals surface area contributed by atoms with Gasteiger partial charge >= 0.3 is 5.97 Å². The minimum Gasteiger partial charge on any atom is -0.478 e. The predicted octanol–water partition coefficient (Wildman–Crippen LogP) is 3.20. The normalized spacial score (nSPS) is 17.7. The lowest BCUT2D eigenvalue weighted by molar-refractivity contribution is -0.124. The van der Waals surface area contributed by atoms with Crippen molar-refractivity contribution < 1.29 is 19.5 Å². The van der Waals surface area contributed by atoms with E-state index in [1.807, 2.05) is 0 Å². The second kappa shape index (κ2) is 4.96. The number of amides is 2. The number of hydrogen-bond acceptors (Lipinski definition) is 3. The van der Waals surface area contributed by atoms with Gasteiger partial charge in [0.1, 0.15) is 0 Å². The highest BCUT2D eigenvalue weighted by Crippen LogP contribution is 2.41. The van der Waals surface area contributed by atoms with Crippen LogP contribution in [0.5, 0.6) is 0 Å². The van der Waals surface area contributed by atoms with Gasteiger partial charge in [0, 0.05) is 15.4 Å². The number of rotatable bonds is 2. The molecule has 0 aromatic heterocycles. The highest BCUT2D eigenvalue weighted by molar-refractivity contribution is 9.11. The first-order valence-corrected chi connectivity index (χ1v) is 7.33. The Bertz CT molecular complexity index is 640. The third-order valence-corrected chi connectivity index (χ3v) is 4.17. The first-order chi connectivity index (χ1) is 9.15. The van der Waals surface area contributed by atoms with Crippen LogP contribution in [0, 0.1) is 5.41 Å². The van der Waals surface area contributed by atoms with Crippen molar-refractivity contribution >= 4 is 55.3 Å². The van der Waals surface area contributed by atoms with Crippen molar-refractivity contribution in [3.8, 4) is 0 Å². The van der Waals surface area contributed by atoms with Crippen LogP contribution in [0.4, 0.5) is 5.69 Å². The smallest absolute Gasteiger partial charge is 0.337 e. The summed E-state index contributed by atoms with van der Waals surface area (Å²) < 4.78 is 0.924. The zero-order valence-electron chi connectivity index (χ0n) is 10.7. The second-order valence-corrected chi connectivity index (χ2v) is 6.95. The van der Waals surface area contributed by atoms with Crippen molar-refractivity contribution in [2.45, 2.75) is 20.3 Å². The summed E-state index contributed by atoms with van der Waals surface area (Å²) in [4.78, 5) is 36.7. The Kier molecular flexibility index (Phi) is 3.77. The molecule has 1 aromatic rings. The zero-order valence-corrected chi connectivity index (χ0v) is 13.9. The molecule has 1 heterocycles. The van der Waals surface area contributed by atoms with Gasteiger partial charge in [-0.1, -0.05) is 29.8 Å². The molecule has 1 fully saturated rings. The highest BCUT2D eigenvalue weighted by Gasteiger charge is 2.47. The van der Waals surface area contributed by atoms with Crippen LogP contribution in [0.15, 0.2) is 21.1 Å². The number of halogens is 2. The summed E-state index contributed by atoms with van der Waals surface area (Å²) in [6, 6.07) is 2.97.